The molecule has 0 amide bonds. The average Bonchev–Trinajstić information content (AvgIpc) is 3.15. The monoisotopic (exact) mass is 380 g/mol. The lowest BCUT2D eigenvalue weighted by Gasteiger charge is -2.39. The van der Waals surface area contributed by atoms with E-state index in [1.165, 1.54) is 11.3 Å². The highest BCUT2D eigenvalue weighted by Gasteiger charge is 2.42. The van der Waals surface area contributed by atoms with Gasteiger partial charge in [-0.1, -0.05) is 13.0 Å². The van der Waals surface area contributed by atoms with Crippen molar-refractivity contribution in [2.24, 2.45) is 0 Å². The summed E-state index contributed by atoms with van der Waals surface area (Å²) in [6.07, 6.45) is 2.80. The molecule has 26 heavy (non-hydrogen) atoms. The largest absolute Gasteiger partial charge is 0.496 e. The minimum absolute atomic E-state index is 0.126. The van der Waals surface area contributed by atoms with E-state index in [-0.39, 0.29) is 6.61 Å². The molecule has 1 aromatic heterocycles. The molecule has 1 N–H and O–H groups in total. The van der Waals surface area contributed by atoms with Crippen molar-refractivity contribution in [3.63, 3.8) is 0 Å². The number of aliphatic hydroxyl groups is 1. The molecule has 0 fully saturated rings. The zero-order chi connectivity index (χ0) is 19.4. The molecule has 0 bridgehead atoms. The van der Waals surface area contributed by atoms with Crippen LogP contribution in [0.3, 0.4) is 0 Å². The van der Waals surface area contributed by atoms with E-state index < -0.39 is 11.2 Å². The van der Waals surface area contributed by atoms with Crippen molar-refractivity contribution in [2.45, 2.75) is 44.8 Å². The summed E-state index contributed by atoms with van der Waals surface area (Å²) in [4.78, 5) is 6.57. The quantitative estimate of drug-likeness (QED) is 0.714. The number of alkyl halides is 1. The Morgan fingerprint density at radius 3 is 2.58 bits per heavy atom. The summed E-state index contributed by atoms with van der Waals surface area (Å²) in [5.41, 5.74) is -0.138. The smallest absolute Gasteiger partial charge is 0.125 e. The van der Waals surface area contributed by atoms with Crippen LogP contribution in [0.4, 0.5) is 4.39 Å². The van der Waals surface area contributed by atoms with Crippen LogP contribution in [-0.2, 0) is 12.0 Å². The maximum absolute atomic E-state index is 13.9. The Bertz CT molecular complexity index is 700. The third-order valence-electron chi connectivity index (χ3n) is 4.86. The van der Waals surface area contributed by atoms with Crippen molar-refractivity contribution >= 4 is 11.3 Å². The van der Waals surface area contributed by atoms with Crippen LogP contribution in [0.15, 0.2) is 29.8 Å². The molecule has 1 unspecified atom stereocenters. The predicted octanol–water partition coefficient (Wildman–Crippen LogP) is 4.02. The topological polar surface area (TPSA) is 45.6 Å². The first-order valence-electron chi connectivity index (χ1n) is 8.87. The van der Waals surface area contributed by atoms with Gasteiger partial charge in [-0.25, -0.2) is 9.37 Å². The van der Waals surface area contributed by atoms with Crippen molar-refractivity contribution in [3.8, 4) is 5.75 Å². The second kappa shape index (κ2) is 8.46. The molecule has 2 aromatic rings. The number of methoxy groups -OCH3 is 1. The van der Waals surface area contributed by atoms with Crippen LogP contribution in [0.1, 0.15) is 43.3 Å². The Morgan fingerprint density at radius 2 is 2.08 bits per heavy atom. The number of aromatic nitrogens is 1. The fraction of sp³-hybridized carbons (Fsp3) is 0.550. The number of rotatable bonds is 9. The molecule has 144 valence electrons. The van der Waals surface area contributed by atoms with Crippen LogP contribution >= 0.6 is 11.3 Å². The molecule has 1 aromatic carbocycles. The Hall–Kier alpha value is -1.50. The molecule has 0 aliphatic heterocycles. The molecule has 2 rings (SSSR count). The van der Waals surface area contributed by atoms with Gasteiger partial charge in [-0.2, -0.15) is 0 Å². The van der Waals surface area contributed by atoms with Crippen LogP contribution < -0.4 is 4.74 Å². The zero-order valence-electron chi connectivity index (χ0n) is 16.3. The number of hydrogen-bond acceptors (Lipinski definition) is 5. The zero-order valence-corrected chi connectivity index (χ0v) is 17.1. The molecule has 0 aliphatic carbocycles. The Labute approximate surface area is 159 Å². The first-order valence-corrected chi connectivity index (χ1v) is 9.75. The van der Waals surface area contributed by atoms with Gasteiger partial charge in [-0.05, 0) is 58.0 Å². The highest BCUT2D eigenvalue weighted by Crippen LogP contribution is 2.41. The van der Waals surface area contributed by atoms with Gasteiger partial charge in [0.25, 0.3) is 0 Å². The van der Waals surface area contributed by atoms with Crippen LogP contribution in [0, 0.1) is 0 Å². The van der Waals surface area contributed by atoms with Crippen molar-refractivity contribution < 1.29 is 14.2 Å². The van der Waals surface area contributed by atoms with Crippen molar-refractivity contribution in [1.82, 2.24) is 9.88 Å². The normalized spacial score (nSPS) is 14.5. The molecule has 0 spiro atoms. The third-order valence-corrected chi connectivity index (χ3v) is 5.78. The van der Waals surface area contributed by atoms with Gasteiger partial charge < -0.3 is 9.84 Å². The fourth-order valence-corrected chi connectivity index (χ4v) is 4.03. The maximum Gasteiger partial charge on any atom is 0.125 e. The first-order chi connectivity index (χ1) is 12.3. The summed E-state index contributed by atoms with van der Waals surface area (Å²) >= 11 is 1.51. The van der Waals surface area contributed by atoms with Gasteiger partial charge in [-0.3, -0.25) is 4.90 Å². The molecule has 1 atom stereocenters. The van der Waals surface area contributed by atoms with Gasteiger partial charge >= 0.3 is 0 Å². The van der Waals surface area contributed by atoms with E-state index in [4.69, 9.17) is 4.74 Å². The second-order valence-corrected chi connectivity index (χ2v) is 8.02. The van der Waals surface area contributed by atoms with Gasteiger partial charge in [0.2, 0.25) is 0 Å². The van der Waals surface area contributed by atoms with Gasteiger partial charge in [0.1, 0.15) is 22.0 Å². The molecular formula is C20H29FN2O2S. The van der Waals surface area contributed by atoms with Crippen LogP contribution in [0.2, 0.25) is 0 Å². The number of ether oxygens (including phenoxy) is 1. The minimum Gasteiger partial charge on any atom is -0.496 e. The third kappa shape index (κ3) is 4.24. The summed E-state index contributed by atoms with van der Waals surface area (Å²) in [6, 6.07) is 5.88. The molecule has 1 heterocycles. The molecule has 6 heteroatoms. The van der Waals surface area contributed by atoms with E-state index in [2.05, 4.69) is 9.88 Å². The first kappa shape index (κ1) is 20.8. The lowest BCUT2D eigenvalue weighted by molar-refractivity contribution is 0.0814. The van der Waals surface area contributed by atoms with Gasteiger partial charge in [0.15, 0.2) is 0 Å². The van der Waals surface area contributed by atoms with Crippen LogP contribution in [-0.4, -0.2) is 48.0 Å². The van der Waals surface area contributed by atoms with Crippen LogP contribution in [0.25, 0.3) is 0 Å². The Kier molecular flexibility index (Phi) is 6.77. The Balaban J connectivity index is 2.59. The number of nitrogens with zero attached hydrogens (tertiary/aromatic N) is 2. The second-order valence-electron chi connectivity index (χ2n) is 7.12. The number of hydrogen-bond donors (Lipinski definition) is 1. The van der Waals surface area contributed by atoms with Crippen molar-refractivity contribution in [1.29, 1.82) is 0 Å². The van der Waals surface area contributed by atoms with E-state index in [9.17, 15) is 9.50 Å². The van der Waals surface area contributed by atoms with Crippen molar-refractivity contribution in [2.75, 3.05) is 27.3 Å². The number of halogens is 1. The summed E-state index contributed by atoms with van der Waals surface area (Å²) in [6.45, 7) is 5.83. The van der Waals surface area contributed by atoms with E-state index in [1.807, 2.05) is 37.6 Å². The highest BCUT2D eigenvalue weighted by molar-refractivity contribution is 7.09. The fourth-order valence-electron chi connectivity index (χ4n) is 3.13. The summed E-state index contributed by atoms with van der Waals surface area (Å²) in [7, 11) is 3.59. The predicted molar refractivity (Wildman–Crippen MR) is 105 cm³/mol. The van der Waals surface area contributed by atoms with E-state index in [0.29, 0.717) is 18.6 Å². The number of thiazole rings is 1. The molecule has 0 radical (unpaired) electrons. The number of benzene rings is 1. The molecule has 0 saturated carbocycles. The van der Waals surface area contributed by atoms with Crippen LogP contribution in [0.5, 0.6) is 5.75 Å². The SMILES string of the molecule is CCN(C)C(CO)(c1nccs1)c1cc(CCC(C)(C)F)ccc1OC. The van der Waals surface area contributed by atoms with E-state index >= 15 is 0 Å². The van der Waals surface area contributed by atoms with Gasteiger partial charge in [-0.15, -0.1) is 11.3 Å². The lowest BCUT2D eigenvalue weighted by atomic mass is 9.86. The standard InChI is InChI=1S/C20H29FN2O2S/c1-6-23(4)20(14-24,18-22-11-12-26-18)16-13-15(7-8-17(16)25-5)9-10-19(2,3)21/h7-8,11-13,24H,6,9-10,14H2,1-5H3. The average molecular weight is 381 g/mol. The molecule has 0 saturated heterocycles. The van der Waals surface area contributed by atoms with Gasteiger partial charge in [0, 0.05) is 17.1 Å². The molecular weight excluding hydrogens is 351 g/mol. The molecule has 4 nitrogen and oxygen atoms in total. The summed E-state index contributed by atoms with van der Waals surface area (Å²) < 4.78 is 19.6. The maximum atomic E-state index is 13.9. The minimum atomic E-state index is -1.22. The lowest BCUT2D eigenvalue weighted by Crippen LogP contribution is -2.48. The number of aryl methyl sites for hydroxylation is 1. The molecule has 0 aliphatic rings. The number of aliphatic hydroxyl groups excluding tert-OH is 1. The van der Waals surface area contributed by atoms with Crippen molar-refractivity contribution in [3.05, 3.63) is 45.9 Å². The number of likely N-dealkylation sites (N-methyl/N-ethyl adjacent to an activating group) is 1. The highest BCUT2D eigenvalue weighted by atomic mass is 32.1. The Morgan fingerprint density at radius 1 is 1.35 bits per heavy atom. The summed E-state index contributed by atoms with van der Waals surface area (Å²) in [5.74, 6) is 0.692. The van der Waals surface area contributed by atoms with E-state index in [0.717, 1.165) is 22.7 Å². The van der Waals surface area contributed by atoms with E-state index in [1.54, 1.807) is 27.2 Å². The van der Waals surface area contributed by atoms with Gasteiger partial charge in [0.05, 0.1) is 13.7 Å². The summed E-state index contributed by atoms with van der Waals surface area (Å²) in [5, 5.41) is 13.2.